The summed E-state index contributed by atoms with van der Waals surface area (Å²) in [4.78, 5) is 0. The van der Waals surface area contributed by atoms with E-state index in [0.717, 1.165) is 6.42 Å². The van der Waals surface area contributed by atoms with Crippen molar-refractivity contribution < 1.29 is 13.6 Å². The molecule has 102 valence electrons. The highest BCUT2D eigenvalue weighted by Gasteiger charge is 2.38. The summed E-state index contributed by atoms with van der Waals surface area (Å²) in [6.45, 7) is 13.7. The van der Waals surface area contributed by atoms with E-state index < -0.39 is 16.6 Å². The maximum atomic E-state index is 6.11. The number of hydrogen-bond donors (Lipinski definition) is 0. The van der Waals surface area contributed by atoms with Gasteiger partial charge < -0.3 is 13.6 Å². The zero-order chi connectivity index (χ0) is 13.3. The molecule has 0 spiro atoms. The van der Waals surface area contributed by atoms with Gasteiger partial charge in [0.1, 0.15) is 11.7 Å². The molecule has 1 aliphatic heterocycles. The fraction of sp³-hybridized carbons (Fsp3) is 1.00. The van der Waals surface area contributed by atoms with Gasteiger partial charge in [0.2, 0.25) is 0 Å². The van der Waals surface area contributed by atoms with Crippen molar-refractivity contribution in [2.75, 3.05) is 6.61 Å². The minimum absolute atomic E-state index is 0.00375. The molecular weight excluding hydrogens is 272 g/mol. The number of hydrogen-bond acceptors (Lipinski definition) is 3. The molecule has 3 nitrogen and oxygen atoms in total. The Morgan fingerprint density at radius 3 is 2.18 bits per heavy atom. The molecule has 1 fully saturated rings. The van der Waals surface area contributed by atoms with Gasteiger partial charge in [-0.25, -0.2) is 0 Å². The van der Waals surface area contributed by atoms with Gasteiger partial charge in [-0.2, -0.15) is 0 Å². The van der Waals surface area contributed by atoms with Gasteiger partial charge in [0.15, 0.2) is 16.6 Å². The summed E-state index contributed by atoms with van der Waals surface area (Å²) in [5.74, 6) is 0. The average Bonchev–Trinajstić information content (AvgIpc) is 2.38. The fourth-order valence-corrected chi connectivity index (χ4v) is 3.85. The molecule has 0 saturated carbocycles. The molecule has 6 heteroatoms. The number of alkyl halides is 1. The van der Waals surface area contributed by atoms with E-state index >= 15 is 0 Å². The van der Waals surface area contributed by atoms with Crippen LogP contribution in [0.25, 0.3) is 0 Å². The van der Waals surface area contributed by atoms with E-state index in [1.807, 2.05) is 0 Å². The Labute approximate surface area is 112 Å². The second-order valence-electron chi connectivity index (χ2n) is 6.51. The molecular formula is C11H25ClO3Si2. The predicted octanol–water partition coefficient (Wildman–Crippen LogP) is 3.41. The van der Waals surface area contributed by atoms with Crippen LogP contribution in [0.15, 0.2) is 0 Å². The van der Waals surface area contributed by atoms with Gasteiger partial charge in [-0.05, 0) is 39.3 Å². The van der Waals surface area contributed by atoms with Crippen molar-refractivity contribution in [1.82, 2.24) is 0 Å². The fourth-order valence-electron chi connectivity index (χ4n) is 1.72. The first-order valence-electron chi connectivity index (χ1n) is 6.18. The van der Waals surface area contributed by atoms with Crippen LogP contribution in [0.5, 0.6) is 0 Å². The minimum atomic E-state index is -1.55. The highest BCUT2D eigenvalue weighted by Crippen LogP contribution is 2.28. The Morgan fingerprint density at radius 1 is 1.12 bits per heavy atom. The van der Waals surface area contributed by atoms with Gasteiger partial charge in [-0.1, -0.05) is 11.6 Å². The Morgan fingerprint density at radius 2 is 1.71 bits per heavy atom. The van der Waals surface area contributed by atoms with Crippen LogP contribution in [0.3, 0.4) is 0 Å². The van der Waals surface area contributed by atoms with Crippen molar-refractivity contribution in [3.63, 3.8) is 0 Å². The molecule has 0 unspecified atom stereocenters. The third kappa shape index (κ3) is 6.36. The molecule has 0 radical (unpaired) electrons. The van der Waals surface area contributed by atoms with Crippen LogP contribution in [0, 0.1) is 0 Å². The number of ether oxygens (including phenoxy) is 1. The molecule has 1 heterocycles. The monoisotopic (exact) mass is 296 g/mol. The Bertz CT molecular complexity index is 250. The number of halogens is 1. The molecule has 1 saturated heterocycles. The van der Waals surface area contributed by atoms with Crippen LogP contribution in [-0.4, -0.2) is 41.0 Å². The standard InChI is InChI=1S/C11H25ClO3Si2/c1-16(2,3)13-8-10-9(7-11(12)14-10)15-17(4,5)6/h9-11H,7-8H2,1-6H3/t9-,10+,11+/m1/s1. The normalized spacial score (nSPS) is 30.9. The third-order valence-corrected chi connectivity index (χ3v) is 4.66. The Kier molecular flexibility index (Phi) is 5.26. The smallest absolute Gasteiger partial charge is 0.184 e. The molecule has 0 aromatic carbocycles. The quantitative estimate of drug-likeness (QED) is 0.575. The molecule has 0 aliphatic carbocycles. The third-order valence-electron chi connectivity index (χ3n) is 2.34. The lowest BCUT2D eigenvalue weighted by molar-refractivity contribution is 0.00654. The van der Waals surface area contributed by atoms with Crippen LogP contribution >= 0.6 is 11.6 Å². The predicted molar refractivity (Wildman–Crippen MR) is 76.6 cm³/mol. The largest absolute Gasteiger partial charge is 0.415 e. The van der Waals surface area contributed by atoms with Crippen LogP contribution in [0.1, 0.15) is 6.42 Å². The van der Waals surface area contributed by atoms with E-state index in [1.54, 1.807) is 0 Å². The molecule has 0 N–H and O–H groups in total. The highest BCUT2D eigenvalue weighted by atomic mass is 35.5. The Balaban J connectivity index is 2.51. The van der Waals surface area contributed by atoms with Crippen LogP contribution in [0.2, 0.25) is 39.3 Å². The topological polar surface area (TPSA) is 27.7 Å². The Hall–Kier alpha value is 0.604. The lowest BCUT2D eigenvalue weighted by Gasteiger charge is -2.28. The maximum absolute atomic E-state index is 6.11. The molecule has 17 heavy (non-hydrogen) atoms. The lowest BCUT2D eigenvalue weighted by atomic mass is 10.2. The molecule has 1 rings (SSSR count). The second kappa shape index (κ2) is 5.71. The van der Waals surface area contributed by atoms with Crippen molar-refractivity contribution in [3.05, 3.63) is 0 Å². The average molecular weight is 297 g/mol. The summed E-state index contributed by atoms with van der Waals surface area (Å²) in [6, 6.07) is 0. The zero-order valence-electron chi connectivity index (χ0n) is 11.7. The summed E-state index contributed by atoms with van der Waals surface area (Å²) < 4.78 is 17.7. The van der Waals surface area contributed by atoms with E-state index in [9.17, 15) is 0 Å². The van der Waals surface area contributed by atoms with Crippen molar-refractivity contribution in [3.8, 4) is 0 Å². The van der Waals surface area contributed by atoms with Crippen molar-refractivity contribution >= 4 is 28.2 Å². The van der Waals surface area contributed by atoms with Gasteiger partial charge in [0.25, 0.3) is 0 Å². The van der Waals surface area contributed by atoms with Crippen molar-refractivity contribution in [1.29, 1.82) is 0 Å². The van der Waals surface area contributed by atoms with E-state index in [2.05, 4.69) is 39.3 Å². The summed E-state index contributed by atoms with van der Waals surface area (Å²) in [6.07, 6.45) is 0.863. The van der Waals surface area contributed by atoms with E-state index in [1.165, 1.54) is 0 Å². The number of rotatable bonds is 5. The van der Waals surface area contributed by atoms with Gasteiger partial charge >= 0.3 is 0 Å². The first kappa shape index (κ1) is 15.7. The van der Waals surface area contributed by atoms with Gasteiger partial charge in [0.05, 0.1) is 12.7 Å². The first-order valence-corrected chi connectivity index (χ1v) is 13.4. The van der Waals surface area contributed by atoms with Crippen molar-refractivity contribution in [2.24, 2.45) is 0 Å². The minimum Gasteiger partial charge on any atom is -0.415 e. The maximum Gasteiger partial charge on any atom is 0.184 e. The molecule has 3 atom stereocenters. The van der Waals surface area contributed by atoms with E-state index in [4.69, 9.17) is 25.2 Å². The SMILES string of the molecule is C[Si](C)(C)OC[C@@H]1O[C@H](Cl)C[C@H]1O[Si](C)(C)C. The van der Waals surface area contributed by atoms with Crippen LogP contribution in [-0.2, 0) is 13.6 Å². The highest BCUT2D eigenvalue weighted by molar-refractivity contribution is 6.70. The summed E-state index contributed by atoms with van der Waals surface area (Å²) in [7, 11) is -3.05. The molecule has 0 aromatic rings. The van der Waals surface area contributed by atoms with E-state index in [-0.39, 0.29) is 17.8 Å². The molecule has 0 bridgehead atoms. The molecule has 0 aromatic heterocycles. The van der Waals surface area contributed by atoms with Crippen molar-refractivity contribution in [2.45, 2.75) is 63.5 Å². The van der Waals surface area contributed by atoms with Gasteiger partial charge in [0, 0.05) is 6.42 Å². The van der Waals surface area contributed by atoms with Gasteiger partial charge in [-0.3, -0.25) is 0 Å². The summed E-state index contributed by atoms with van der Waals surface area (Å²) in [5.41, 5.74) is -0.230. The summed E-state index contributed by atoms with van der Waals surface area (Å²) in [5, 5.41) is 0. The summed E-state index contributed by atoms with van der Waals surface area (Å²) >= 11 is 6.05. The lowest BCUT2D eigenvalue weighted by Crippen LogP contribution is -2.40. The van der Waals surface area contributed by atoms with Gasteiger partial charge in [-0.15, -0.1) is 0 Å². The second-order valence-corrected chi connectivity index (χ2v) is 16.0. The molecule has 0 amide bonds. The zero-order valence-corrected chi connectivity index (χ0v) is 14.5. The van der Waals surface area contributed by atoms with Crippen LogP contribution < -0.4 is 0 Å². The van der Waals surface area contributed by atoms with Crippen LogP contribution in [0.4, 0.5) is 0 Å². The molecule has 1 aliphatic rings. The van der Waals surface area contributed by atoms with E-state index in [0.29, 0.717) is 6.61 Å². The first-order chi connectivity index (χ1) is 7.57.